The molecule has 3 N–H and O–H groups in total. The molecule has 0 saturated heterocycles. The van der Waals surface area contributed by atoms with Gasteiger partial charge in [0.2, 0.25) is 5.91 Å². The van der Waals surface area contributed by atoms with Gasteiger partial charge in [-0.25, -0.2) is 9.67 Å². The number of hydrogen-bond acceptors (Lipinski definition) is 5. The second kappa shape index (κ2) is 7.59. The van der Waals surface area contributed by atoms with Gasteiger partial charge in [0.1, 0.15) is 18.7 Å². The largest absolute Gasteiger partial charge is 0.368 e. The molecule has 7 nitrogen and oxygen atoms in total. The van der Waals surface area contributed by atoms with Crippen molar-refractivity contribution in [2.75, 3.05) is 0 Å². The summed E-state index contributed by atoms with van der Waals surface area (Å²) < 4.78 is 1.67. The van der Waals surface area contributed by atoms with E-state index in [1.807, 2.05) is 31.2 Å². The van der Waals surface area contributed by atoms with Crippen LogP contribution in [0.1, 0.15) is 35.7 Å². The van der Waals surface area contributed by atoms with E-state index in [0.29, 0.717) is 5.56 Å². The van der Waals surface area contributed by atoms with Gasteiger partial charge in [0, 0.05) is 6.04 Å². The van der Waals surface area contributed by atoms with Crippen LogP contribution in [0.3, 0.4) is 0 Å². The summed E-state index contributed by atoms with van der Waals surface area (Å²) in [7, 11) is 0. The number of primary amides is 1. The van der Waals surface area contributed by atoms with Gasteiger partial charge in [-0.1, -0.05) is 24.3 Å². The van der Waals surface area contributed by atoms with E-state index >= 15 is 0 Å². The zero-order valence-corrected chi connectivity index (χ0v) is 14.2. The molecule has 1 heterocycles. The maximum absolute atomic E-state index is 11.9. The van der Waals surface area contributed by atoms with Gasteiger partial charge in [0.25, 0.3) is 0 Å². The molecule has 1 amide bonds. The van der Waals surface area contributed by atoms with E-state index in [-0.39, 0.29) is 6.04 Å². The Hall–Kier alpha value is -3.50. The van der Waals surface area contributed by atoms with Crippen molar-refractivity contribution in [2.45, 2.75) is 19.0 Å². The van der Waals surface area contributed by atoms with E-state index in [1.165, 1.54) is 6.33 Å². The Bertz CT molecular complexity index is 910. The van der Waals surface area contributed by atoms with Crippen LogP contribution in [0.2, 0.25) is 0 Å². The predicted molar refractivity (Wildman–Crippen MR) is 96.0 cm³/mol. The zero-order valence-electron chi connectivity index (χ0n) is 14.2. The topological polar surface area (TPSA) is 110 Å². The molecule has 0 saturated carbocycles. The van der Waals surface area contributed by atoms with Crippen LogP contribution in [0.25, 0.3) is 5.69 Å². The average molecular weight is 346 g/mol. The fraction of sp³-hybridized carbons (Fsp3) is 0.158. The van der Waals surface area contributed by atoms with Gasteiger partial charge in [-0.2, -0.15) is 10.4 Å². The van der Waals surface area contributed by atoms with E-state index in [1.54, 1.807) is 35.3 Å². The standard InChI is InChI=1S/C19H18N6O/c1-13(15-6-8-17(9-7-15)25-12-22-11-23-25)24-18(19(21)26)16-4-2-14(10-20)3-5-16/h2-9,11-13,18,24H,1H3,(H2,21,26). The summed E-state index contributed by atoms with van der Waals surface area (Å²) in [5, 5.41) is 16.2. The third kappa shape index (κ3) is 3.77. The van der Waals surface area contributed by atoms with E-state index in [0.717, 1.165) is 16.8 Å². The lowest BCUT2D eigenvalue weighted by Gasteiger charge is -2.22. The molecule has 0 bridgehead atoms. The van der Waals surface area contributed by atoms with E-state index < -0.39 is 11.9 Å². The highest BCUT2D eigenvalue weighted by Crippen LogP contribution is 2.21. The van der Waals surface area contributed by atoms with Crippen LogP contribution in [-0.2, 0) is 4.79 Å². The summed E-state index contributed by atoms with van der Waals surface area (Å²) in [6.07, 6.45) is 3.11. The average Bonchev–Trinajstić information content (AvgIpc) is 3.21. The maximum Gasteiger partial charge on any atom is 0.239 e. The first-order chi connectivity index (χ1) is 12.6. The Morgan fingerprint density at radius 2 is 1.81 bits per heavy atom. The number of nitriles is 1. The Kier molecular flexibility index (Phi) is 5.06. The number of carbonyl (C=O) groups excluding carboxylic acids is 1. The van der Waals surface area contributed by atoms with Crippen molar-refractivity contribution < 1.29 is 4.79 Å². The summed E-state index contributed by atoms with van der Waals surface area (Å²) in [5.74, 6) is -0.471. The second-order valence-electron chi connectivity index (χ2n) is 5.89. The molecule has 7 heteroatoms. The number of carbonyl (C=O) groups is 1. The summed E-state index contributed by atoms with van der Waals surface area (Å²) in [6, 6.07) is 15.9. The summed E-state index contributed by atoms with van der Waals surface area (Å²) in [6.45, 7) is 1.96. The lowest BCUT2D eigenvalue weighted by atomic mass is 10.0. The van der Waals surface area contributed by atoms with Crippen molar-refractivity contribution in [1.29, 1.82) is 5.26 Å². The van der Waals surface area contributed by atoms with Gasteiger partial charge in [-0.3, -0.25) is 10.1 Å². The highest BCUT2D eigenvalue weighted by Gasteiger charge is 2.20. The van der Waals surface area contributed by atoms with Gasteiger partial charge < -0.3 is 5.73 Å². The fourth-order valence-electron chi connectivity index (χ4n) is 2.70. The summed E-state index contributed by atoms with van der Waals surface area (Å²) >= 11 is 0. The Labute approximate surface area is 151 Å². The lowest BCUT2D eigenvalue weighted by molar-refractivity contribution is -0.120. The molecule has 0 fully saturated rings. The summed E-state index contributed by atoms with van der Waals surface area (Å²) in [4.78, 5) is 15.8. The van der Waals surface area contributed by atoms with E-state index in [2.05, 4.69) is 21.5 Å². The first-order valence-electron chi connectivity index (χ1n) is 8.09. The minimum absolute atomic E-state index is 0.104. The minimum Gasteiger partial charge on any atom is -0.368 e. The van der Waals surface area contributed by atoms with Crippen molar-refractivity contribution in [2.24, 2.45) is 5.73 Å². The van der Waals surface area contributed by atoms with Crippen LogP contribution in [-0.4, -0.2) is 20.7 Å². The zero-order chi connectivity index (χ0) is 18.5. The molecular weight excluding hydrogens is 328 g/mol. The monoisotopic (exact) mass is 346 g/mol. The molecule has 3 aromatic rings. The molecule has 0 aliphatic carbocycles. The number of nitrogens with two attached hydrogens (primary N) is 1. The van der Waals surface area contributed by atoms with Gasteiger partial charge in [-0.15, -0.1) is 0 Å². The molecule has 26 heavy (non-hydrogen) atoms. The first-order valence-corrected chi connectivity index (χ1v) is 8.09. The van der Waals surface area contributed by atoms with Gasteiger partial charge >= 0.3 is 0 Å². The quantitative estimate of drug-likeness (QED) is 0.709. The number of aromatic nitrogens is 3. The van der Waals surface area contributed by atoms with E-state index in [4.69, 9.17) is 11.0 Å². The Morgan fingerprint density at radius 1 is 1.15 bits per heavy atom. The molecule has 0 radical (unpaired) electrons. The molecule has 0 aliphatic rings. The van der Waals surface area contributed by atoms with Crippen LogP contribution in [0.15, 0.2) is 61.2 Å². The van der Waals surface area contributed by atoms with Gasteiger partial charge in [0.05, 0.1) is 17.3 Å². The number of benzene rings is 2. The molecule has 130 valence electrons. The van der Waals surface area contributed by atoms with Crippen LogP contribution >= 0.6 is 0 Å². The third-order valence-electron chi connectivity index (χ3n) is 4.15. The molecule has 1 aromatic heterocycles. The molecule has 2 aromatic carbocycles. The highest BCUT2D eigenvalue weighted by atomic mass is 16.1. The fourth-order valence-corrected chi connectivity index (χ4v) is 2.70. The lowest BCUT2D eigenvalue weighted by Crippen LogP contribution is -2.35. The normalized spacial score (nSPS) is 12.9. The molecule has 0 aliphatic heterocycles. The Balaban J connectivity index is 1.76. The number of nitrogens with zero attached hydrogens (tertiary/aromatic N) is 4. The SMILES string of the molecule is CC(NC(C(N)=O)c1ccc(C#N)cc1)c1ccc(-n2cncn2)cc1. The molecule has 0 spiro atoms. The molecule has 3 rings (SSSR count). The first kappa shape index (κ1) is 17.3. The maximum atomic E-state index is 11.9. The van der Waals surface area contributed by atoms with Crippen LogP contribution in [0, 0.1) is 11.3 Å². The van der Waals surface area contributed by atoms with Crippen molar-refractivity contribution in [3.05, 3.63) is 77.9 Å². The van der Waals surface area contributed by atoms with E-state index in [9.17, 15) is 4.79 Å². The van der Waals surface area contributed by atoms with Crippen molar-refractivity contribution in [1.82, 2.24) is 20.1 Å². The molecule has 2 unspecified atom stereocenters. The highest BCUT2D eigenvalue weighted by molar-refractivity contribution is 5.81. The van der Waals surface area contributed by atoms with Gasteiger partial charge in [0.15, 0.2) is 0 Å². The van der Waals surface area contributed by atoms with Crippen LogP contribution < -0.4 is 11.1 Å². The van der Waals surface area contributed by atoms with Crippen molar-refractivity contribution >= 4 is 5.91 Å². The third-order valence-corrected chi connectivity index (χ3v) is 4.15. The van der Waals surface area contributed by atoms with Gasteiger partial charge in [-0.05, 0) is 42.3 Å². The van der Waals surface area contributed by atoms with Crippen LogP contribution in [0.4, 0.5) is 0 Å². The number of amides is 1. The Morgan fingerprint density at radius 3 is 2.35 bits per heavy atom. The van der Waals surface area contributed by atoms with Crippen LogP contribution in [0.5, 0.6) is 0 Å². The van der Waals surface area contributed by atoms with Crippen molar-refractivity contribution in [3.8, 4) is 11.8 Å². The number of nitrogens with one attached hydrogen (secondary N) is 1. The smallest absolute Gasteiger partial charge is 0.239 e. The number of rotatable bonds is 6. The predicted octanol–water partition coefficient (Wildman–Crippen LogP) is 2.02. The molecule has 2 atom stereocenters. The minimum atomic E-state index is -0.646. The summed E-state index contributed by atoms with van der Waals surface area (Å²) in [5.41, 5.74) is 8.74. The molecular formula is C19H18N6O. The number of hydrogen-bond donors (Lipinski definition) is 2. The second-order valence-corrected chi connectivity index (χ2v) is 5.89. The van der Waals surface area contributed by atoms with Crippen molar-refractivity contribution in [3.63, 3.8) is 0 Å².